The minimum atomic E-state index is -5.89. The van der Waals surface area contributed by atoms with Crippen LogP contribution in [-0.2, 0) is 26.6 Å². The lowest BCUT2D eigenvalue weighted by molar-refractivity contribution is -0.0500. The van der Waals surface area contributed by atoms with E-state index in [1.165, 1.54) is 31.2 Å². The molecule has 17 heteroatoms. The largest absolute Gasteiger partial charge is 0.534 e. The second-order valence-corrected chi connectivity index (χ2v) is 12.9. The molecule has 216 valence electrons. The molecule has 3 aromatic rings. The van der Waals surface area contributed by atoms with Gasteiger partial charge in [0, 0.05) is 24.1 Å². The van der Waals surface area contributed by atoms with Gasteiger partial charge < -0.3 is 9.08 Å². The van der Waals surface area contributed by atoms with Crippen LogP contribution >= 0.6 is 0 Å². The molecule has 0 N–H and O–H groups in total. The Kier molecular flexibility index (Phi) is 6.41. The number of piperidine rings is 1. The van der Waals surface area contributed by atoms with Crippen LogP contribution in [0.1, 0.15) is 45.8 Å². The fourth-order valence-corrected chi connectivity index (χ4v) is 6.60. The minimum absolute atomic E-state index is 0.0118. The van der Waals surface area contributed by atoms with Gasteiger partial charge in [-0.15, -0.1) is 0 Å². The summed E-state index contributed by atoms with van der Waals surface area (Å²) in [6, 6.07) is 5.79. The zero-order chi connectivity index (χ0) is 29.4. The minimum Gasteiger partial charge on any atom is -0.376 e. The van der Waals surface area contributed by atoms with Crippen LogP contribution in [0.5, 0.6) is 5.75 Å². The first-order chi connectivity index (χ1) is 18.4. The summed E-state index contributed by atoms with van der Waals surface area (Å²) in [5, 5.41) is 0. The predicted molar refractivity (Wildman–Crippen MR) is 127 cm³/mol. The second-order valence-electron chi connectivity index (χ2n) is 9.51. The number of aryl methyl sites for hydroxylation is 1. The van der Waals surface area contributed by atoms with Gasteiger partial charge in [-0.05, 0) is 67.1 Å². The average Bonchev–Trinajstić information content (AvgIpc) is 3.43. The first-order valence-electron chi connectivity index (χ1n) is 11.7. The first-order valence-corrected chi connectivity index (χ1v) is 14.5. The van der Waals surface area contributed by atoms with Crippen molar-refractivity contribution >= 4 is 37.1 Å². The summed E-state index contributed by atoms with van der Waals surface area (Å²) in [7, 11) is -11.6. The summed E-state index contributed by atoms with van der Waals surface area (Å²) in [5.41, 5.74) is -10.2. The monoisotopic (exact) mass is 611 g/mol. The lowest BCUT2D eigenvalue weighted by Gasteiger charge is -2.38. The van der Waals surface area contributed by atoms with E-state index in [9.17, 15) is 48.0 Å². The highest BCUT2D eigenvalue weighted by Crippen LogP contribution is 2.45. The number of hydrogen-bond acceptors (Lipinski definition) is 7. The number of carbonyl (C=O) groups is 1. The molecule has 1 saturated heterocycles. The Hall–Kier alpha value is -3.34. The van der Waals surface area contributed by atoms with E-state index in [0.717, 1.165) is 11.6 Å². The lowest BCUT2D eigenvalue weighted by Crippen LogP contribution is -2.46. The van der Waals surface area contributed by atoms with Crippen LogP contribution < -0.4 is 4.18 Å². The molecule has 9 nitrogen and oxygen atoms in total. The molecule has 1 amide bonds. The van der Waals surface area contributed by atoms with E-state index in [1.54, 1.807) is 4.90 Å². The maximum Gasteiger partial charge on any atom is 0.534 e. The molecule has 40 heavy (non-hydrogen) atoms. The third kappa shape index (κ3) is 4.48. The number of fused-ring (bicyclic) bond motifs is 4. The van der Waals surface area contributed by atoms with Gasteiger partial charge in [-0.1, -0.05) is 6.07 Å². The van der Waals surface area contributed by atoms with Crippen molar-refractivity contribution in [3.63, 3.8) is 0 Å². The third-order valence-corrected chi connectivity index (χ3v) is 9.46. The van der Waals surface area contributed by atoms with E-state index >= 15 is 0 Å². The number of halogens is 6. The van der Waals surface area contributed by atoms with E-state index in [4.69, 9.17) is 0 Å². The van der Waals surface area contributed by atoms with Crippen LogP contribution in [-0.4, -0.2) is 60.2 Å². The maximum absolute atomic E-state index is 13.5. The quantitative estimate of drug-likeness (QED) is 0.247. The predicted octanol–water partition coefficient (Wildman–Crippen LogP) is 4.22. The Bertz CT molecular complexity index is 1750. The van der Waals surface area contributed by atoms with Gasteiger partial charge in [0.1, 0.15) is 12.1 Å². The fraction of sp³-hybridized carbons (Fsp3) is 0.391. The van der Waals surface area contributed by atoms with Gasteiger partial charge in [0.2, 0.25) is 0 Å². The average molecular weight is 612 g/mol. The zero-order valence-electron chi connectivity index (χ0n) is 20.3. The normalized spacial score (nSPS) is 19.9. The SMILES string of the molecule is Cc1cc2c(cc1OS(=O)(=O)C(F)(F)F)[C@H]1CCCN(C(=O)c3ccc4c(c3)ncn4S(=O)(=O)C(F)(F)F)[C@H]1C2. The van der Waals surface area contributed by atoms with Crippen LogP contribution in [0.3, 0.4) is 0 Å². The Labute approximate surface area is 223 Å². The summed E-state index contributed by atoms with van der Waals surface area (Å²) in [6.45, 7) is 1.72. The highest BCUT2D eigenvalue weighted by molar-refractivity contribution is 7.91. The molecule has 2 atom stereocenters. The number of amides is 1. The molecular weight excluding hydrogens is 592 g/mol. The topological polar surface area (TPSA) is 116 Å². The molecule has 1 aliphatic carbocycles. The van der Waals surface area contributed by atoms with Gasteiger partial charge in [-0.3, -0.25) is 4.79 Å². The van der Waals surface area contributed by atoms with Crippen LogP contribution in [0.2, 0.25) is 0 Å². The summed E-state index contributed by atoms with van der Waals surface area (Å²) in [5.74, 6) is -1.29. The second kappa shape index (κ2) is 9.09. The molecule has 0 spiro atoms. The van der Waals surface area contributed by atoms with E-state index in [-0.39, 0.29) is 32.1 Å². The van der Waals surface area contributed by atoms with Crippen molar-refractivity contribution in [1.82, 2.24) is 13.9 Å². The molecular formula is C23H19F6N3O6S2. The standard InChI is InChI=1S/C23H19F6N3O6S2/c1-12-7-14-9-19-15(16(14)10-20(12)38-40(36,37)23(27,28)29)3-2-6-31(19)21(33)13-4-5-18-17(8-13)30-11-32(18)39(34,35)22(24,25)26/h4-5,7-8,10-11,15,19H,2-3,6,9H2,1H3/t15-,19+/m1/s1. The number of alkyl halides is 6. The van der Waals surface area contributed by atoms with Gasteiger partial charge in [-0.2, -0.15) is 43.2 Å². The molecule has 1 fully saturated rings. The van der Waals surface area contributed by atoms with Crippen LogP contribution in [0.4, 0.5) is 26.3 Å². The Morgan fingerprint density at radius 3 is 2.38 bits per heavy atom. The van der Waals surface area contributed by atoms with Crippen LogP contribution in [0.25, 0.3) is 11.0 Å². The Morgan fingerprint density at radius 2 is 1.73 bits per heavy atom. The molecule has 1 aromatic heterocycles. The number of carbonyl (C=O) groups excluding carboxylic acids is 1. The fourth-order valence-electron chi connectivity index (χ4n) is 5.28. The van der Waals surface area contributed by atoms with E-state index in [0.29, 0.717) is 37.7 Å². The maximum atomic E-state index is 13.5. The highest BCUT2D eigenvalue weighted by Gasteiger charge is 2.50. The summed E-state index contributed by atoms with van der Waals surface area (Å²) in [4.78, 5) is 18.8. The van der Waals surface area contributed by atoms with Crippen molar-refractivity contribution in [1.29, 1.82) is 0 Å². The number of benzene rings is 2. The molecule has 2 aliphatic rings. The van der Waals surface area contributed by atoms with Gasteiger partial charge >= 0.3 is 31.2 Å². The van der Waals surface area contributed by atoms with Gasteiger partial charge in [-0.25, -0.2) is 8.96 Å². The summed E-state index contributed by atoms with van der Waals surface area (Å²) < 4.78 is 129. The lowest BCUT2D eigenvalue weighted by atomic mass is 9.88. The molecule has 0 radical (unpaired) electrons. The van der Waals surface area contributed by atoms with Gasteiger partial charge in [0.05, 0.1) is 11.0 Å². The summed E-state index contributed by atoms with van der Waals surface area (Å²) in [6.07, 6.45) is 1.92. The van der Waals surface area contributed by atoms with Crippen molar-refractivity contribution in [3.8, 4) is 5.75 Å². The number of imidazole rings is 1. The molecule has 1 aliphatic heterocycles. The van der Waals surface area contributed by atoms with Gasteiger partial charge in [0.15, 0.2) is 0 Å². The van der Waals surface area contributed by atoms with Crippen LogP contribution in [0.15, 0.2) is 36.7 Å². The van der Waals surface area contributed by atoms with Crippen molar-refractivity contribution in [2.45, 2.75) is 49.2 Å². The van der Waals surface area contributed by atoms with Crippen molar-refractivity contribution < 1.29 is 52.2 Å². The number of likely N-dealkylation sites (tertiary alicyclic amines) is 1. The highest BCUT2D eigenvalue weighted by atomic mass is 32.2. The van der Waals surface area contributed by atoms with E-state index < -0.39 is 48.9 Å². The first kappa shape index (κ1) is 28.2. The molecule has 0 bridgehead atoms. The Balaban J connectivity index is 1.43. The van der Waals surface area contributed by atoms with Gasteiger partial charge in [0.25, 0.3) is 5.91 Å². The number of nitrogens with zero attached hydrogens (tertiary/aromatic N) is 3. The van der Waals surface area contributed by atoms with Crippen molar-refractivity contribution in [2.24, 2.45) is 0 Å². The van der Waals surface area contributed by atoms with Crippen molar-refractivity contribution in [2.75, 3.05) is 6.54 Å². The van der Waals surface area contributed by atoms with Crippen molar-refractivity contribution in [3.05, 3.63) is 58.9 Å². The summed E-state index contributed by atoms with van der Waals surface area (Å²) >= 11 is 0. The van der Waals surface area contributed by atoms with Crippen LogP contribution in [0, 0.1) is 6.92 Å². The molecule has 5 rings (SSSR count). The molecule has 0 unspecified atom stereocenters. The Morgan fingerprint density at radius 1 is 1.02 bits per heavy atom. The third-order valence-electron chi connectivity index (χ3n) is 7.10. The number of rotatable bonds is 4. The zero-order valence-corrected chi connectivity index (χ0v) is 22.0. The molecule has 2 aromatic carbocycles. The number of aromatic nitrogens is 2. The molecule has 2 heterocycles. The molecule has 0 saturated carbocycles. The smallest absolute Gasteiger partial charge is 0.376 e. The van der Waals surface area contributed by atoms with E-state index in [2.05, 4.69) is 9.17 Å². The number of hydrogen-bond donors (Lipinski definition) is 0. The van der Waals surface area contributed by atoms with E-state index in [1.807, 2.05) is 0 Å².